The van der Waals surface area contributed by atoms with Gasteiger partial charge >= 0.3 is 5.97 Å². The van der Waals surface area contributed by atoms with Crippen LogP contribution < -0.4 is 0 Å². The Morgan fingerprint density at radius 2 is 2.06 bits per heavy atom. The summed E-state index contributed by atoms with van der Waals surface area (Å²) >= 11 is 3.16. The number of carbonyl (C=O) groups is 1. The van der Waals surface area contributed by atoms with Gasteiger partial charge in [-0.25, -0.2) is 0 Å². The van der Waals surface area contributed by atoms with Crippen LogP contribution >= 0.6 is 15.9 Å². The zero-order valence-electron chi connectivity index (χ0n) is 9.47. The molecule has 0 aliphatic heterocycles. The highest BCUT2D eigenvalue weighted by Gasteiger charge is 2.26. The van der Waals surface area contributed by atoms with E-state index in [4.69, 9.17) is 4.74 Å². The van der Waals surface area contributed by atoms with E-state index in [9.17, 15) is 14.9 Å². The van der Waals surface area contributed by atoms with Crippen LogP contribution in [0.2, 0.25) is 0 Å². The molecule has 0 fully saturated rings. The molecule has 0 spiro atoms. The standard InChI is InChI=1S/C11H12BrNO4/c1-11(2,12)10(14)17-7-8-5-3-4-6-9(8)13(15)16/h3-6H,7H2,1-2H3. The highest BCUT2D eigenvalue weighted by molar-refractivity contribution is 9.10. The van der Waals surface area contributed by atoms with Crippen LogP contribution in [0, 0.1) is 10.1 Å². The number of alkyl halides is 1. The first-order chi connectivity index (χ1) is 7.82. The van der Waals surface area contributed by atoms with E-state index < -0.39 is 15.2 Å². The van der Waals surface area contributed by atoms with Gasteiger partial charge in [-0.15, -0.1) is 0 Å². The van der Waals surface area contributed by atoms with Gasteiger partial charge in [0.1, 0.15) is 10.9 Å². The third kappa shape index (κ3) is 3.81. The summed E-state index contributed by atoms with van der Waals surface area (Å²) in [4.78, 5) is 21.7. The first-order valence-electron chi connectivity index (χ1n) is 4.91. The molecule has 1 rings (SSSR count). The highest BCUT2D eigenvalue weighted by atomic mass is 79.9. The maximum absolute atomic E-state index is 11.5. The van der Waals surface area contributed by atoms with Crippen molar-refractivity contribution in [3.63, 3.8) is 0 Å². The second-order valence-electron chi connectivity index (χ2n) is 3.93. The average Bonchev–Trinajstić information content (AvgIpc) is 2.24. The number of halogens is 1. The predicted molar refractivity (Wildman–Crippen MR) is 65.9 cm³/mol. The van der Waals surface area contributed by atoms with E-state index in [0.717, 1.165) is 0 Å². The van der Waals surface area contributed by atoms with Crippen molar-refractivity contribution in [2.45, 2.75) is 24.8 Å². The Hall–Kier alpha value is -1.43. The van der Waals surface area contributed by atoms with Gasteiger partial charge in [-0.3, -0.25) is 14.9 Å². The van der Waals surface area contributed by atoms with Crippen LogP contribution in [-0.2, 0) is 16.1 Å². The van der Waals surface area contributed by atoms with Gasteiger partial charge < -0.3 is 4.74 Å². The van der Waals surface area contributed by atoms with E-state index in [-0.39, 0.29) is 12.3 Å². The van der Waals surface area contributed by atoms with Crippen LogP contribution in [0.15, 0.2) is 24.3 Å². The van der Waals surface area contributed by atoms with Gasteiger partial charge in [0.15, 0.2) is 0 Å². The summed E-state index contributed by atoms with van der Waals surface area (Å²) in [7, 11) is 0. The number of carbonyl (C=O) groups excluding carboxylic acids is 1. The van der Waals surface area contributed by atoms with Gasteiger partial charge in [-0.2, -0.15) is 0 Å². The minimum Gasteiger partial charge on any atom is -0.460 e. The maximum Gasteiger partial charge on any atom is 0.322 e. The molecular formula is C11H12BrNO4. The molecule has 5 nitrogen and oxygen atoms in total. The van der Waals surface area contributed by atoms with Crippen LogP contribution in [0.25, 0.3) is 0 Å². The molecule has 0 aromatic heterocycles. The number of nitro benzene ring substituents is 1. The molecule has 0 atom stereocenters. The summed E-state index contributed by atoms with van der Waals surface area (Å²) in [5, 5.41) is 10.7. The van der Waals surface area contributed by atoms with Gasteiger partial charge in [0.25, 0.3) is 5.69 Å². The van der Waals surface area contributed by atoms with E-state index in [1.807, 2.05) is 0 Å². The van der Waals surface area contributed by atoms with Gasteiger partial charge in [0.2, 0.25) is 0 Å². The monoisotopic (exact) mass is 301 g/mol. The molecule has 0 saturated carbocycles. The third-order valence-electron chi connectivity index (χ3n) is 2.03. The van der Waals surface area contributed by atoms with Gasteiger partial charge in [-0.05, 0) is 19.9 Å². The lowest BCUT2D eigenvalue weighted by atomic mass is 10.2. The van der Waals surface area contributed by atoms with Crippen molar-refractivity contribution in [1.82, 2.24) is 0 Å². The lowest BCUT2D eigenvalue weighted by Crippen LogP contribution is -2.26. The highest BCUT2D eigenvalue weighted by Crippen LogP contribution is 2.22. The quantitative estimate of drug-likeness (QED) is 0.371. The molecule has 1 aromatic rings. The van der Waals surface area contributed by atoms with Crippen LogP contribution in [0.5, 0.6) is 0 Å². The largest absolute Gasteiger partial charge is 0.460 e. The maximum atomic E-state index is 11.5. The molecule has 0 aliphatic carbocycles. The summed E-state index contributed by atoms with van der Waals surface area (Å²) in [5.74, 6) is -0.462. The molecule has 0 N–H and O–H groups in total. The average molecular weight is 302 g/mol. The number of hydrogen-bond acceptors (Lipinski definition) is 4. The second kappa shape index (κ2) is 5.27. The number of nitrogens with zero attached hydrogens (tertiary/aromatic N) is 1. The van der Waals surface area contributed by atoms with Crippen molar-refractivity contribution >= 4 is 27.6 Å². The fourth-order valence-electron chi connectivity index (χ4n) is 1.13. The Kier molecular flexibility index (Phi) is 4.22. The van der Waals surface area contributed by atoms with Crippen molar-refractivity contribution < 1.29 is 14.5 Å². The summed E-state index contributed by atoms with van der Waals surface area (Å²) < 4.78 is 4.20. The van der Waals surface area contributed by atoms with E-state index in [0.29, 0.717) is 5.56 Å². The molecule has 0 heterocycles. The Bertz CT molecular complexity index is 439. The predicted octanol–water partition coefficient (Wildman–Crippen LogP) is 2.81. The molecule has 0 radical (unpaired) electrons. The summed E-state index contributed by atoms with van der Waals surface area (Å²) in [6, 6.07) is 6.17. The lowest BCUT2D eigenvalue weighted by Gasteiger charge is -2.14. The third-order valence-corrected chi connectivity index (χ3v) is 2.36. The molecule has 1 aromatic carbocycles. The number of para-hydroxylation sites is 1. The van der Waals surface area contributed by atoms with Crippen LogP contribution in [0.4, 0.5) is 5.69 Å². The molecular weight excluding hydrogens is 290 g/mol. The Labute approximate surface area is 107 Å². The Balaban J connectivity index is 2.77. The minimum absolute atomic E-state index is 0.0484. The Morgan fingerprint density at radius 1 is 1.47 bits per heavy atom. The Morgan fingerprint density at radius 3 is 2.59 bits per heavy atom. The van der Waals surface area contributed by atoms with Crippen LogP contribution in [-0.4, -0.2) is 15.2 Å². The van der Waals surface area contributed by atoms with E-state index in [1.165, 1.54) is 6.07 Å². The fraction of sp³-hybridized carbons (Fsp3) is 0.364. The molecule has 0 unspecified atom stereocenters. The number of nitro groups is 1. The van der Waals surface area contributed by atoms with Crippen molar-refractivity contribution in [3.8, 4) is 0 Å². The summed E-state index contributed by atoms with van der Waals surface area (Å²) in [6.45, 7) is 3.19. The van der Waals surface area contributed by atoms with E-state index in [1.54, 1.807) is 32.0 Å². The fourth-order valence-corrected chi connectivity index (χ4v) is 1.24. The molecule has 6 heteroatoms. The van der Waals surface area contributed by atoms with Gasteiger partial charge in [0.05, 0.1) is 10.5 Å². The SMILES string of the molecule is CC(C)(Br)C(=O)OCc1ccccc1[N+](=O)[O-]. The van der Waals surface area contributed by atoms with Crippen LogP contribution in [0.3, 0.4) is 0 Å². The zero-order valence-corrected chi connectivity index (χ0v) is 11.1. The van der Waals surface area contributed by atoms with Crippen molar-refractivity contribution in [3.05, 3.63) is 39.9 Å². The zero-order chi connectivity index (χ0) is 13.1. The number of rotatable bonds is 4. The number of ether oxygens (including phenoxy) is 1. The normalized spacial score (nSPS) is 11.0. The van der Waals surface area contributed by atoms with E-state index in [2.05, 4.69) is 15.9 Å². The smallest absolute Gasteiger partial charge is 0.322 e. The van der Waals surface area contributed by atoms with Gasteiger partial charge in [-0.1, -0.05) is 28.1 Å². The molecule has 0 bridgehead atoms. The van der Waals surface area contributed by atoms with Crippen molar-refractivity contribution in [2.75, 3.05) is 0 Å². The van der Waals surface area contributed by atoms with Gasteiger partial charge in [0, 0.05) is 6.07 Å². The second-order valence-corrected chi connectivity index (χ2v) is 5.92. The number of hydrogen-bond donors (Lipinski definition) is 0. The molecule has 0 amide bonds. The molecule has 0 saturated heterocycles. The minimum atomic E-state index is -0.795. The molecule has 92 valence electrons. The summed E-state index contributed by atoms with van der Waals surface area (Å²) in [5.41, 5.74) is 0.329. The van der Waals surface area contributed by atoms with Crippen LogP contribution in [0.1, 0.15) is 19.4 Å². The number of esters is 1. The lowest BCUT2D eigenvalue weighted by molar-refractivity contribution is -0.385. The van der Waals surface area contributed by atoms with Crippen molar-refractivity contribution in [1.29, 1.82) is 0 Å². The molecule has 0 aliphatic rings. The first kappa shape index (κ1) is 13.6. The summed E-state index contributed by atoms with van der Waals surface area (Å²) in [6.07, 6.45) is 0. The van der Waals surface area contributed by atoms with Crippen molar-refractivity contribution in [2.24, 2.45) is 0 Å². The topological polar surface area (TPSA) is 69.4 Å². The first-order valence-corrected chi connectivity index (χ1v) is 5.70. The van der Waals surface area contributed by atoms with E-state index >= 15 is 0 Å². The molecule has 17 heavy (non-hydrogen) atoms. The number of benzene rings is 1.